The van der Waals surface area contributed by atoms with Gasteiger partial charge in [-0.3, -0.25) is 0 Å². The van der Waals surface area contributed by atoms with Crippen molar-refractivity contribution in [2.45, 2.75) is 33.0 Å². The molecule has 0 aliphatic heterocycles. The van der Waals surface area contributed by atoms with E-state index in [1.54, 1.807) is 18.2 Å². The SMILES string of the molecule is CC(C)c1ccc(COc2ccc(Cl)cc2CO)cc1. The Hall–Kier alpha value is -1.51. The van der Waals surface area contributed by atoms with Crippen molar-refractivity contribution in [3.8, 4) is 5.75 Å². The van der Waals surface area contributed by atoms with Gasteiger partial charge in [0, 0.05) is 10.6 Å². The summed E-state index contributed by atoms with van der Waals surface area (Å²) >= 11 is 5.89. The monoisotopic (exact) mass is 290 g/mol. The Morgan fingerprint density at radius 2 is 1.80 bits per heavy atom. The van der Waals surface area contributed by atoms with Crippen LogP contribution in [0, 0.1) is 0 Å². The van der Waals surface area contributed by atoms with Gasteiger partial charge in [0.15, 0.2) is 0 Å². The fourth-order valence-electron chi connectivity index (χ4n) is 1.97. The number of hydrogen-bond acceptors (Lipinski definition) is 2. The minimum Gasteiger partial charge on any atom is -0.489 e. The van der Waals surface area contributed by atoms with Gasteiger partial charge in [0.05, 0.1) is 6.61 Å². The number of aliphatic hydroxyl groups is 1. The zero-order valence-corrected chi connectivity index (χ0v) is 12.5. The molecule has 20 heavy (non-hydrogen) atoms. The van der Waals surface area contributed by atoms with Crippen LogP contribution in [0.2, 0.25) is 5.02 Å². The number of halogens is 1. The highest BCUT2D eigenvalue weighted by Crippen LogP contribution is 2.24. The molecule has 0 saturated carbocycles. The fourth-order valence-corrected chi connectivity index (χ4v) is 2.17. The minimum atomic E-state index is -0.0812. The van der Waals surface area contributed by atoms with Crippen molar-refractivity contribution in [1.82, 2.24) is 0 Å². The Kier molecular flexibility index (Phi) is 5.05. The summed E-state index contributed by atoms with van der Waals surface area (Å²) in [7, 11) is 0. The van der Waals surface area contributed by atoms with Crippen LogP contribution in [0.3, 0.4) is 0 Å². The predicted molar refractivity (Wildman–Crippen MR) is 82.2 cm³/mol. The van der Waals surface area contributed by atoms with E-state index in [2.05, 4.69) is 38.1 Å². The van der Waals surface area contributed by atoms with E-state index < -0.39 is 0 Å². The lowest BCUT2D eigenvalue weighted by Gasteiger charge is -2.11. The van der Waals surface area contributed by atoms with Crippen LogP contribution in [0.25, 0.3) is 0 Å². The molecule has 0 bridgehead atoms. The summed E-state index contributed by atoms with van der Waals surface area (Å²) in [6, 6.07) is 13.7. The van der Waals surface area contributed by atoms with Gasteiger partial charge in [-0.15, -0.1) is 0 Å². The van der Waals surface area contributed by atoms with Crippen LogP contribution < -0.4 is 4.74 Å². The van der Waals surface area contributed by atoms with Gasteiger partial charge in [0.25, 0.3) is 0 Å². The lowest BCUT2D eigenvalue weighted by Crippen LogP contribution is -1.99. The largest absolute Gasteiger partial charge is 0.489 e. The third-order valence-electron chi connectivity index (χ3n) is 3.23. The van der Waals surface area contributed by atoms with Gasteiger partial charge in [-0.2, -0.15) is 0 Å². The van der Waals surface area contributed by atoms with Gasteiger partial charge >= 0.3 is 0 Å². The fraction of sp³-hybridized carbons (Fsp3) is 0.294. The van der Waals surface area contributed by atoms with Crippen LogP contribution in [0.15, 0.2) is 42.5 Å². The second-order valence-corrected chi connectivity index (χ2v) is 5.53. The maximum atomic E-state index is 9.30. The van der Waals surface area contributed by atoms with Crippen LogP contribution in [0.5, 0.6) is 5.75 Å². The van der Waals surface area contributed by atoms with Gasteiger partial charge < -0.3 is 9.84 Å². The van der Waals surface area contributed by atoms with Gasteiger partial charge in [-0.25, -0.2) is 0 Å². The lowest BCUT2D eigenvalue weighted by molar-refractivity contribution is 0.259. The van der Waals surface area contributed by atoms with Crippen LogP contribution >= 0.6 is 11.6 Å². The van der Waals surface area contributed by atoms with E-state index in [4.69, 9.17) is 16.3 Å². The van der Waals surface area contributed by atoms with Gasteiger partial charge in [0.1, 0.15) is 12.4 Å². The van der Waals surface area contributed by atoms with Crippen molar-refractivity contribution in [3.05, 3.63) is 64.2 Å². The molecule has 0 unspecified atom stereocenters. The molecule has 0 aliphatic carbocycles. The van der Waals surface area contributed by atoms with Crippen molar-refractivity contribution in [2.24, 2.45) is 0 Å². The summed E-state index contributed by atoms with van der Waals surface area (Å²) in [4.78, 5) is 0. The van der Waals surface area contributed by atoms with E-state index in [-0.39, 0.29) is 6.61 Å². The molecule has 2 nitrogen and oxygen atoms in total. The normalized spacial score (nSPS) is 10.8. The average molecular weight is 291 g/mol. The molecule has 0 aromatic heterocycles. The molecule has 0 aliphatic rings. The highest BCUT2D eigenvalue weighted by atomic mass is 35.5. The maximum absolute atomic E-state index is 9.30. The molecule has 0 radical (unpaired) electrons. The Morgan fingerprint density at radius 3 is 2.40 bits per heavy atom. The molecule has 0 saturated heterocycles. The average Bonchev–Trinajstić information content (AvgIpc) is 2.46. The first-order valence-electron chi connectivity index (χ1n) is 6.71. The number of ether oxygens (including phenoxy) is 1. The van der Waals surface area contributed by atoms with E-state index >= 15 is 0 Å². The Bertz CT molecular complexity index is 562. The first kappa shape index (κ1) is 14.9. The van der Waals surface area contributed by atoms with E-state index in [9.17, 15) is 5.11 Å². The Morgan fingerprint density at radius 1 is 1.10 bits per heavy atom. The zero-order chi connectivity index (χ0) is 14.5. The summed E-state index contributed by atoms with van der Waals surface area (Å²) in [5.41, 5.74) is 3.13. The molecule has 0 atom stereocenters. The molecule has 2 aromatic carbocycles. The van der Waals surface area contributed by atoms with Crippen LogP contribution in [0.4, 0.5) is 0 Å². The number of aliphatic hydroxyl groups excluding tert-OH is 1. The summed E-state index contributed by atoms with van der Waals surface area (Å²) in [6.07, 6.45) is 0. The van der Waals surface area contributed by atoms with E-state index in [1.807, 2.05) is 0 Å². The first-order chi connectivity index (χ1) is 9.60. The third-order valence-corrected chi connectivity index (χ3v) is 3.47. The second-order valence-electron chi connectivity index (χ2n) is 5.10. The number of rotatable bonds is 5. The van der Waals surface area contributed by atoms with Crippen molar-refractivity contribution in [2.75, 3.05) is 0 Å². The van der Waals surface area contributed by atoms with Crippen molar-refractivity contribution >= 4 is 11.6 Å². The molecule has 106 valence electrons. The van der Waals surface area contributed by atoms with Crippen molar-refractivity contribution in [1.29, 1.82) is 0 Å². The van der Waals surface area contributed by atoms with Gasteiger partial charge in [0.2, 0.25) is 0 Å². The quantitative estimate of drug-likeness (QED) is 0.876. The molecule has 0 spiro atoms. The Balaban J connectivity index is 2.05. The smallest absolute Gasteiger partial charge is 0.125 e. The zero-order valence-electron chi connectivity index (χ0n) is 11.8. The molecule has 0 amide bonds. The number of hydrogen-bond donors (Lipinski definition) is 1. The Labute approximate surface area is 125 Å². The molecule has 0 heterocycles. The van der Waals surface area contributed by atoms with Gasteiger partial charge in [-0.05, 0) is 35.2 Å². The van der Waals surface area contributed by atoms with Gasteiger partial charge in [-0.1, -0.05) is 49.7 Å². The minimum absolute atomic E-state index is 0.0812. The number of benzene rings is 2. The topological polar surface area (TPSA) is 29.5 Å². The van der Waals surface area contributed by atoms with Crippen LogP contribution in [-0.2, 0) is 13.2 Å². The highest BCUT2D eigenvalue weighted by molar-refractivity contribution is 6.30. The highest BCUT2D eigenvalue weighted by Gasteiger charge is 2.05. The van der Waals surface area contributed by atoms with E-state index in [0.29, 0.717) is 28.9 Å². The lowest BCUT2D eigenvalue weighted by atomic mass is 10.0. The summed E-state index contributed by atoms with van der Waals surface area (Å²) < 4.78 is 5.75. The first-order valence-corrected chi connectivity index (χ1v) is 7.09. The van der Waals surface area contributed by atoms with Crippen LogP contribution in [-0.4, -0.2) is 5.11 Å². The molecule has 3 heteroatoms. The molecule has 0 fully saturated rings. The van der Waals surface area contributed by atoms with E-state index in [1.165, 1.54) is 5.56 Å². The van der Waals surface area contributed by atoms with Crippen molar-refractivity contribution in [3.63, 3.8) is 0 Å². The molecule has 2 rings (SSSR count). The van der Waals surface area contributed by atoms with Crippen LogP contribution in [0.1, 0.15) is 36.5 Å². The summed E-state index contributed by atoms with van der Waals surface area (Å²) in [5, 5.41) is 9.90. The summed E-state index contributed by atoms with van der Waals surface area (Å²) in [6.45, 7) is 4.74. The third kappa shape index (κ3) is 3.75. The maximum Gasteiger partial charge on any atom is 0.125 e. The summed E-state index contributed by atoms with van der Waals surface area (Å²) in [5.74, 6) is 1.20. The molecule has 2 aromatic rings. The van der Waals surface area contributed by atoms with E-state index in [0.717, 1.165) is 5.56 Å². The second kappa shape index (κ2) is 6.78. The van der Waals surface area contributed by atoms with Crippen molar-refractivity contribution < 1.29 is 9.84 Å². The molecular weight excluding hydrogens is 272 g/mol. The molecule has 1 N–H and O–H groups in total. The predicted octanol–water partition coefficient (Wildman–Crippen LogP) is 4.53. The molecular formula is C17H19ClO2. The standard InChI is InChI=1S/C17H19ClO2/c1-12(2)14-5-3-13(4-6-14)11-20-17-8-7-16(18)9-15(17)10-19/h3-9,12,19H,10-11H2,1-2H3.